The summed E-state index contributed by atoms with van der Waals surface area (Å²) >= 11 is 0. The van der Waals surface area contributed by atoms with Crippen LogP contribution < -0.4 is 5.32 Å². The van der Waals surface area contributed by atoms with Gasteiger partial charge in [0.05, 0.1) is 4.92 Å². The second-order valence-electron chi connectivity index (χ2n) is 5.52. The molecule has 1 heterocycles. The second-order valence-corrected chi connectivity index (χ2v) is 5.52. The van der Waals surface area contributed by atoms with Crippen molar-refractivity contribution < 1.29 is 9.31 Å². The highest BCUT2D eigenvalue weighted by atomic mass is 19.1. The van der Waals surface area contributed by atoms with Crippen LogP contribution in [0.25, 0.3) is 0 Å². The van der Waals surface area contributed by atoms with Crippen molar-refractivity contribution in [3.63, 3.8) is 0 Å². The van der Waals surface area contributed by atoms with Crippen molar-refractivity contribution in [3.05, 3.63) is 34.1 Å². The van der Waals surface area contributed by atoms with Gasteiger partial charge >= 0.3 is 5.69 Å². The van der Waals surface area contributed by atoms with Crippen molar-refractivity contribution in [1.29, 1.82) is 0 Å². The Morgan fingerprint density at radius 1 is 1.55 bits per heavy atom. The molecular weight excluding hydrogens is 261 g/mol. The van der Waals surface area contributed by atoms with E-state index in [0.29, 0.717) is 11.6 Å². The Balaban J connectivity index is 2.02. The number of halogens is 1. The van der Waals surface area contributed by atoms with E-state index in [1.165, 1.54) is 18.6 Å². The van der Waals surface area contributed by atoms with E-state index in [1.54, 1.807) is 6.07 Å². The highest BCUT2D eigenvalue weighted by Crippen LogP contribution is 2.24. The molecule has 0 saturated carbocycles. The molecular formula is C14H20FN3O2. The number of hydrogen-bond donors (Lipinski definition) is 1. The van der Waals surface area contributed by atoms with Gasteiger partial charge in [-0.15, -0.1) is 0 Å². The normalized spacial score (nSPS) is 21.4. The molecule has 1 aliphatic heterocycles. The largest absolute Gasteiger partial charge is 0.382 e. The SMILES string of the molecule is CC(Nc1ccc([N+](=O)[O-])c(F)c1)C1CCCN(C)C1. The van der Waals surface area contributed by atoms with Crippen LogP contribution in [0, 0.1) is 21.8 Å². The lowest BCUT2D eigenvalue weighted by Crippen LogP contribution is -2.39. The highest BCUT2D eigenvalue weighted by Gasteiger charge is 2.23. The summed E-state index contributed by atoms with van der Waals surface area (Å²) in [5.41, 5.74) is 0.106. The standard InChI is InChI=1S/C14H20FN3O2/c1-10(11-4-3-7-17(2)9-11)16-12-5-6-14(18(19)20)13(15)8-12/h5-6,8,10-11,16H,3-4,7,9H2,1-2H3. The molecule has 2 unspecified atom stereocenters. The predicted molar refractivity (Wildman–Crippen MR) is 76.4 cm³/mol. The fraction of sp³-hybridized carbons (Fsp3) is 0.571. The average Bonchev–Trinajstić information content (AvgIpc) is 2.38. The molecule has 0 radical (unpaired) electrons. The topological polar surface area (TPSA) is 58.4 Å². The number of piperidine rings is 1. The lowest BCUT2D eigenvalue weighted by atomic mass is 9.92. The second kappa shape index (κ2) is 6.17. The van der Waals surface area contributed by atoms with Gasteiger partial charge in [0.1, 0.15) is 0 Å². The van der Waals surface area contributed by atoms with Gasteiger partial charge in [-0.2, -0.15) is 4.39 Å². The predicted octanol–water partition coefficient (Wildman–Crippen LogP) is 2.88. The van der Waals surface area contributed by atoms with E-state index in [9.17, 15) is 14.5 Å². The number of nitro benzene ring substituents is 1. The minimum absolute atomic E-state index is 0.207. The number of anilines is 1. The Bertz CT molecular complexity index is 495. The molecule has 6 heteroatoms. The Kier molecular flexibility index (Phi) is 4.54. The Morgan fingerprint density at radius 3 is 2.90 bits per heavy atom. The van der Waals surface area contributed by atoms with Crippen molar-refractivity contribution in [3.8, 4) is 0 Å². The molecule has 20 heavy (non-hydrogen) atoms. The Labute approximate surface area is 117 Å². The van der Waals surface area contributed by atoms with E-state index in [1.807, 2.05) is 0 Å². The maximum Gasteiger partial charge on any atom is 0.304 e. The molecule has 0 aromatic heterocycles. The van der Waals surface area contributed by atoms with Gasteiger partial charge in [-0.05, 0) is 45.3 Å². The van der Waals surface area contributed by atoms with Crippen LogP contribution in [0.3, 0.4) is 0 Å². The van der Waals surface area contributed by atoms with Gasteiger partial charge in [0, 0.05) is 30.4 Å². The van der Waals surface area contributed by atoms with Crippen LogP contribution in [-0.4, -0.2) is 36.0 Å². The highest BCUT2D eigenvalue weighted by molar-refractivity contribution is 5.50. The fourth-order valence-electron chi connectivity index (χ4n) is 2.74. The zero-order chi connectivity index (χ0) is 14.7. The first-order valence-corrected chi connectivity index (χ1v) is 6.86. The minimum Gasteiger partial charge on any atom is -0.382 e. The number of benzene rings is 1. The summed E-state index contributed by atoms with van der Waals surface area (Å²) in [5, 5.41) is 13.8. The van der Waals surface area contributed by atoms with Gasteiger partial charge in [0.15, 0.2) is 0 Å². The van der Waals surface area contributed by atoms with Crippen LogP contribution in [-0.2, 0) is 0 Å². The summed E-state index contributed by atoms with van der Waals surface area (Å²) in [6.45, 7) is 4.21. The van der Waals surface area contributed by atoms with Gasteiger partial charge in [-0.25, -0.2) is 0 Å². The molecule has 0 bridgehead atoms. The van der Waals surface area contributed by atoms with Crippen LogP contribution in [0.1, 0.15) is 19.8 Å². The van der Waals surface area contributed by atoms with Crippen LogP contribution in [0.5, 0.6) is 0 Å². The van der Waals surface area contributed by atoms with Crippen molar-refractivity contribution in [2.75, 3.05) is 25.5 Å². The molecule has 2 rings (SSSR count). The van der Waals surface area contributed by atoms with Crippen LogP contribution >= 0.6 is 0 Å². The number of likely N-dealkylation sites (tertiary alicyclic amines) is 1. The zero-order valence-corrected chi connectivity index (χ0v) is 11.8. The minimum atomic E-state index is -0.798. The molecule has 1 aromatic rings. The Hall–Kier alpha value is -1.69. The summed E-state index contributed by atoms with van der Waals surface area (Å²) in [5.74, 6) is -0.292. The molecule has 0 amide bonds. The number of nitrogens with one attached hydrogen (secondary N) is 1. The lowest BCUT2D eigenvalue weighted by Gasteiger charge is -2.34. The smallest absolute Gasteiger partial charge is 0.304 e. The third-order valence-corrected chi connectivity index (χ3v) is 3.91. The molecule has 1 aliphatic rings. The lowest BCUT2D eigenvalue weighted by molar-refractivity contribution is -0.387. The van der Waals surface area contributed by atoms with Crippen molar-refractivity contribution >= 4 is 11.4 Å². The zero-order valence-electron chi connectivity index (χ0n) is 11.8. The van der Waals surface area contributed by atoms with Gasteiger partial charge < -0.3 is 10.2 Å². The molecule has 1 N–H and O–H groups in total. The Morgan fingerprint density at radius 2 is 2.30 bits per heavy atom. The summed E-state index contributed by atoms with van der Waals surface area (Å²) in [6.07, 6.45) is 2.32. The third-order valence-electron chi connectivity index (χ3n) is 3.91. The van der Waals surface area contributed by atoms with Crippen molar-refractivity contribution in [1.82, 2.24) is 4.90 Å². The maximum absolute atomic E-state index is 13.6. The number of nitrogens with zero attached hydrogens (tertiary/aromatic N) is 2. The van der Waals surface area contributed by atoms with Crippen molar-refractivity contribution in [2.45, 2.75) is 25.8 Å². The molecule has 0 aliphatic carbocycles. The van der Waals surface area contributed by atoms with Crippen LogP contribution in [0.4, 0.5) is 15.8 Å². The maximum atomic E-state index is 13.6. The van der Waals surface area contributed by atoms with Crippen LogP contribution in [0.2, 0.25) is 0 Å². The molecule has 2 atom stereocenters. The van der Waals surface area contributed by atoms with E-state index in [-0.39, 0.29) is 6.04 Å². The van der Waals surface area contributed by atoms with Gasteiger partial charge in [-0.1, -0.05) is 0 Å². The van der Waals surface area contributed by atoms with Crippen molar-refractivity contribution in [2.24, 2.45) is 5.92 Å². The van der Waals surface area contributed by atoms with Gasteiger partial charge in [0.25, 0.3) is 0 Å². The summed E-state index contributed by atoms with van der Waals surface area (Å²) in [4.78, 5) is 12.2. The number of rotatable bonds is 4. The molecule has 1 fully saturated rings. The van der Waals surface area contributed by atoms with Gasteiger partial charge in [0.2, 0.25) is 5.82 Å². The first-order valence-electron chi connectivity index (χ1n) is 6.86. The van der Waals surface area contributed by atoms with E-state index in [2.05, 4.69) is 24.2 Å². The number of hydrogen-bond acceptors (Lipinski definition) is 4. The van der Waals surface area contributed by atoms with Crippen LogP contribution in [0.15, 0.2) is 18.2 Å². The quantitative estimate of drug-likeness (QED) is 0.681. The summed E-state index contributed by atoms with van der Waals surface area (Å²) in [6, 6.07) is 4.17. The van der Waals surface area contributed by atoms with E-state index in [0.717, 1.165) is 19.5 Å². The summed E-state index contributed by atoms with van der Waals surface area (Å²) < 4.78 is 13.6. The third kappa shape index (κ3) is 3.45. The van der Waals surface area contributed by atoms with E-state index >= 15 is 0 Å². The average molecular weight is 281 g/mol. The molecule has 1 saturated heterocycles. The molecule has 5 nitrogen and oxygen atoms in total. The van der Waals surface area contributed by atoms with E-state index in [4.69, 9.17) is 0 Å². The van der Waals surface area contributed by atoms with Gasteiger partial charge in [-0.3, -0.25) is 10.1 Å². The summed E-state index contributed by atoms with van der Waals surface area (Å²) in [7, 11) is 2.10. The number of nitro groups is 1. The molecule has 110 valence electrons. The monoisotopic (exact) mass is 281 g/mol. The fourth-order valence-corrected chi connectivity index (χ4v) is 2.74. The molecule has 1 aromatic carbocycles. The first kappa shape index (κ1) is 14.7. The van der Waals surface area contributed by atoms with E-state index < -0.39 is 16.4 Å². The first-order chi connectivity index (χ1) is 9.47. The molecule has 0 spiro atoms.